The third-order valence-electron chi connectivity index (χ3n) is 3.85. The predicted molar refractivity (Wildman–Crippen MR) is 116 cm³/mol. The van der Waals surface area contributed by atoms with Gasteiger partial charge in [-0.15, -0.1) is 0 Å². The molecule has 0 spiro atoms. The number of ether oxygens (including phenoxy) is 2. The Morgan fingerprint density at radius 3 is 2.44 bits per heavy atom. The van der Waals surface area contributed by atoms with E-state index in [1.807, 2.05) is 24.3 Å². The third kappa shape index (κ3) is 5.94. The maximum absolute atomic E-state index is 13.2. The van der Waals surface area contributed by atoms with Gasteiger partial charge < -0.3 is 24.5 Å². The Hall–Kier alpha value is -1.10. The average Bonchev–Trinajstić information content (AvgIpc) is 2.89. The van der Waals surface area contributed by atoms with Crippen molar-refractivity contribution >= 4 is 44.4 Å². The van der Waals surface area contributed by atoms with Crippen LogP contribution in [0.1, 0.15) is 35.6 Å². The summed E-state index contributed by atoms with van der Waals surface area (Å²) in [5.41, 5.74) is 1.21. The van der Waals surface area contributed by atoms with Crippen molar-refractivity contribution in [3.63, 3.8) is 0 Å². The summed E-state index contributed by atoms with van der Waals surface area (Å²) in [7, 11) is 3.22. The molecule has 0 unspecified atom stereocenters. The molecular weight excluding hydrogens is 527 g/mol. The van der Waals surface area contributed by atoms with E-state index in [0.29, 0.717) is 18.8 Å². The van der Waals surface area contributed by atoms with E-state index in [9.17, 15) is 9.90 Å². The van der Waals surface area contributed by atoms with Crippen LogP contribution in [-0.4, -0.2) is 47.3 Å². The van der Waals surface area contributed by atoms with Crippen molar-refractivity contribution in [3.8, 4) is 5.75 Å². The molecular formula is C19H24BrIN2O4. The van der Waals surface area contributed by atoms with E-state index in [1.54, 1.807) is 33.0 Å². The van der Waals surface area contributed by atoms with Crippen molar-refractivity contribution in [2.75, 3.05) is 20.8 Å². The molecule has 0 saturated carbocycles. The van der Waals surface area contributed by atoms with Crippen molar-refractivity contribution in [2.45, 2.75) is 32.6 Å². The quantitative estimate of drug-likeness (QED) is 0.488. The number of halogens is 2. The highest BCUT2D eigenvalue weighted by molar-refractivity contribution is 14.1. The van der Waals surface area contributed by atoms with E-state index in [1.165, 1.54) is 0 Å². The topological polar surface area (TPSA) is 74.8 Å². The van der Waals surface area contributed by atoms with Crippen LogP contribution in [0.15, 0.2) is 28.7 Å². The van der Waals surface area contributed by atoms with E-state index in [2.05, 4.69) is 43.5 Å². The number of hydrogen-bond acceptors (Lipinski definition) is 4. The van der Waals surface area contributed by atoms with Crippen LogP contribution >= 0.6 is 38.5 Å². The zero-order valence-electron chi connectivity index (χ0n) is 15.8. The normalized spacial score (nSPS) is 11.5. The first-order valence-corrected chi connectivity index (χ1v) is 10.2. The minimum atomic E-state index is -1.02. The number of H-pyrrole nitrogens is 1. The monoisotopic (exact) mass is 550 g/mol. The highest BCUT2D eigenvalue weighted by atomic mass is 127. The first kappa shape index (κ1) is 22.2. The molecule has 0 aliphatic heterocycles. The second-order valence-corrected chi connectivity index (χ2v) is 8.73. The molecule has 148 valence electrons. The number of carbonyl (C=O) groups is 1. The smallest absolute Gasteiger partial charge is 0.271 e. The van der Waals surface area contributed by atoms with Gasteiger partial charge in [0.25, 0.3) is 5.91 Å². The van der Waals surface area contributed by atoms with Gasteiger partial charge in [-0.1, -0.05) is 12.1 Å². The van der Waals surface area contributed by atoms with Gasteiger partial charge in [-0.2, -0.15) is 0 Å². The Morgan fingerprint density at radius 2 is 1.93 bits per heavy atom. The Labute approximate surface area is 181 Å². The van der Waals surface area contributed by atoms with E-state index in [0.717, 1.165) is 25.0 Å². The lowest BCUT2D eigenvalue weighted by Gasteiger charge is -2.29. The van der Waals surface area contributed by atoms with Gasteiger partial charge in [0.1, 0.15) is 11.4 Å². The lowest BCUT2D eigenvalue weighted by Crippen LogP contribution is -2.42. The molecule has 1 aromatic carbocycles. The van der Waals surface area contributed by atoms with Gasteiger partial charge in [-0.05, 0) is 70.1 Å². The molecule has 27 heavy (non-hydrogen) atoms. The number of benzene rings is 1. The Kier molecular flexibility index (Phi) is 7.73. The Balaban J connectivity index is 2.32. The van der Waals surface area contributed by atoms with Crippen LogP contribution in [-0.2, 0) is 17.9 Å². The lowest BCUT2D eigenvalue weighted by molar-refractivity contribution is 0.0276. The molecule has 1 amide bonds. The number of hydrogen-bond donors (Lipinski definition) is 2. The molecule has 0 aliphatic rings. The average molecular weight is 551 g/mol. The minimum Gasteiger partial charge on any atom is -0.497 e. The molecule has 2 N–H and O–H groups in total. The number of amides is 1. The molecule has 1 heterocycles. The fraction of sp³-hybridized carbons (Fsp3) is 0.421. The van der Waals surface area contributed by atoms with Gasteiger partial charge >= 0.3 is 0 Å². The molecule has 8 heteroatoms. The standard InChI is InChI=1S/C19H24BrIN2O4/c1-19(2,25)11-23(9-12-5-7-13(27-4)8-6-12)18(24)17-16(21)15(20)14(22-17)10-26-3/h5-8,22,25H,9-11H2,1-4H3. The molecule has 2 aromatic rings. The van der Waals surface area contributed by atoms with Crippen molar-refractivity contribution in [3.05, 3.63) is 49.3 Å². The predicted octanol–water partition coefficient (Wildman–Crippen LogP) is 3.95. The van der Waals surface area contributed by atoms with Gasteiger partial charge in [0, 0.05) is 20.2 Å². The maximum Gasteiger partial charge on any atom is 0.271 e. The second kappa shape index (κ2) is 9.40. The fourth-order valence-electron chi connectivity index (χ4n) is 2.67. The van der Waals surface area contributed by atoms with Crippen LogP contribution in [0.25, 0.3) is 0 Å². The van der Waals surface area contributed by atoms with Gasteiger partial charge in [-0.25, -0.2) is 0 Å². The zero-order chi connectivity index (χ0) is 20.2. The maximum atomic E-state index is 13.2. The van der Waals surface area contributed by atoms with Crippen LogP contribution in [0, 0.1) is 3.57 Å². The number of aromatic amines is 1. The molecule has 0 fully saturated rings. The summed E-state index contributed by atoms with van der Waals surface area (Å²) >= 11 is 5.64. The van der Waals surface area contributed by atoms with Gasteiger partial charge in [0.2, 0.25) is 0 Å². The highest BCUT2D eigenvalue weighted by Gasteiger charge is 2.27. The Morgan fingerprint density at radius 1 is 1.30 bits per heavy atom. The SMILES string of the molecule is COCc1[nH]c(C(=O)N(Cc2ccc(OC)cc2)CC(C)(C)O)c(I)c1Br. The van der Waals surface area contributed by atoms with Crippen molar-refractivity contribution in [1.82, 2.24) is 9.88 Å². The van der Waals surface area contributed by atoms with Crippen LogP contribution in [0.4, 0.5) is 0 Å². The summed E-state index contributed by atoms with van der Waals surface area (Å²) < 4.78 is 12.0. The fourth-order valence-corrected chi connectivity index (χ4v) is 3.77. The summed E-state index contributed by atoms with van der Waals surface area (Å²) in [6.45, 7) is 4.32. The summed E-state index contributed by atoms with van der Waals surface area (Å²) in [5.74, 6) is 0.576. The number of methoxy groups -OCH3 is 2. The molecule has 0 saturated heterocycles. The molecule has 6 nitrogen and oxygen atoms in total. The molecule has 0 aliphatic carbocycles. The summed E-state index contributed by atoms with van der Waals surface area (Å²) in [6.07, 6.45) is 0. The zero-order valence-corrected chi connectivity index (χ0v) is 19.5. The van der Waals surface area contributed by atoms with Gasteiger partial charge in [-0.3, -0.25) is 4.79 Å². The minimum absolute atomic E-state index is 0.180. The second-order valence-electron chi connectivity index (χ2n) is 6.86. The first-order valence-electron chi connectivity index (χ1n) is 8.35. The van der Waals surface area contributed by atoms with Crippen molar-refractivity contribution in [2.24, 2.45) is 0 Å². The molecule has 2 rings (SSSR count). The number of rotatable bonds is 8. The van der Waals surface area contributed by atoms with Gasteiger partial charge in [0.05, 0.1) is 33.1 Å². The molecule has 0 bridgehead atoms. The van der Waals surface area contributed by atoms with E-state index < -0.39 is 5.60 Å². The Bertz CT molecular complexity index is 784. The number of carbonyl (C=O) groups excluding carboxylic acids is 1. The highest BCUT2D eigenvalue weighted by Crippen LogP contribution is 2.29. The van der Waals surface area contributed by atoms with E-state index >= 15 is 0 Å². The van der Waals surface area contributed by atoms with E-state index in [-0.39, 0.29) is 12.5 Å². The number of aromatic nitrogens is 1. The van der Waals surface area contributed by atoms with Gasteiger partial charge in [0.15, 0.2) is 0 Å². The number of nitrogens with one attached hydrogen (secondary N) is 1. The first-order chi connectivity index (χ1) is 12.7. The lowest BCUT2D eigenvalue weighted by atomic mass is 10.1. The largest absolute Gasteiger partial charge is 0.497 e. The third-order valence-corrected chi connectivity index (χ3v) is 6.55. The van der Waals surface area contributed by atoms with Crippen LogP contribution in [0.3, 0.4) is 0 Å². The van der Waals surface area contributed by atoms with Crippen molar-refractivity contribution < 1.29 is 19.4 Å². The van der Waals surface area contributed by atoms with Crippen LogP contribution in [0.5, 0.6) is 5.75 Å². The molecule has 1 aromatic heterocycles. The molecule has 0 atom stereocenters. The summed E-state index contributed by atoms with van der Waals surface area (Å²) in [4.78, 5) is 18.0. The van der Waals surface area contributed by atoms with Crippen molar-refractivity contribution in [1.29, 1.82) is 0 Å². The number of nitrogens with zero attached hydrogens (tertiary/aromatic N) is 1. The van der Waals surface area contributed by atoms with Crippen LogP contribution < -0.4 is 4.74 Å². The molecule has 0 radical (unpaired) electrons. The van der Waals surface area contributed by atoms with E-state index in [4.69, 9.17) is 9.47 Å². The summed E-state index contributed by atoms with van der Waals surface area (Å²) in [6, 6.07) is 7.53. The number of aliphatic hydroxyl groups is 1. The summed E-state index contributed by atoms with van der Waals surface area (Å²) in [5, 5.41) is 10.3. The van der Waals surface area contributed by atoms with Crippen LogP contribution in [0.2, 0.25) is 0 Å².